The largest absolute Gasteiger partial charge is 0.390 e. The van der Waals surface area contributed by atoms with E-state index in [9.17, 15) is 18.7 Å². The van der Waals surface area contributed by atoms with E-state index in [0.29, 0.717) is 0 Å². The zero-order valence-corrected chi connectivity index (χ0v) is 10.1. The molecule has 0 aromatic rings. The maximum Gasteiger partial charge on any atom is 0.263 e. The van der Waals surface area contributed by atoms with Crippen LogP contribution in [0, 0.1) is 0 Å². The number of rotatable bonds is 2. The minimum Gasteiger partial charge on any atom is -0.390 e. The first kappa shape index (κ1) is 13.9. The number of amides is 1. The van der Waals surface area contributed by atoms with Crippen molar-refractivity contribution in [3.05, 3.63) is 24.7 Å². The molecular formula is C11H14F2N2O4. The first-order valence-electron chi connectivity index (χ1n) is 5.53. The molecule has 1 saturated heterocycles. The van der Waals surface area contributed by atoms with Crippen molar-refractivity contribution in [1.29, 1.82) is 0 Å². The third kappa shape index (κ3) is 2.01. The molecule has 0 saturated carbocycles. The Morgan fingerprint density at radius 2 is 2.26 bits per heavy atom. The lowest BCUT2D eigenvalue weighted by Crippen LogP contribution is -2.51. The van der Waals surface area contributed by atoms with Gasteiger partial charge in [0.25, 0.3) is 11.8 Å². The predicted octanol–water partition coefficient (Wildman–Crippen LogP) is -0.493. The van der Waals surface area contributed by atoms with E-state index in [1.165, 1.54) is 6.20 Å². The molecule has 2 aliphatic heterocycles. The van der Waals surface area contributed by atoms with E-state index in [1.54, 1.807) is 0 Å². The van der Waals surface area contributed by atoms with Gasteiger partial charge in [0.15, 0.2) is 18.0 Å². The number of aliphatic hydroxyl groups is 2. The summed E-state index contributed by atoms with van der Waals surface area (Å²) < 4.78 is 33.3. The zero-order valence-electron chi connectivity index (χ0n) is 10.1. The standard InChI is InChI=1S/C11H14F2N2O4/c1-6-14-7(17)3-4-15(6)9-10(2,12)8(18)11(13,5-16)19-9/h3-4,8-9,16,18H,1,5H2,2H3,(H,14,17)/t8-,9+,10+,11+/m0/s1. The van der Waals surface area contributed by atoms with Crippen molar-refractivity contribution >= 4 is 5.91 Å². The Bertz CT molecular complexity index is 454. The molecule has 106 valence electrons. The van der Waals surface area contributed by atoms with Crippen LogP contribution < -0.4 is 5.32 Å². The van der Waals surface area contributed by atoms with Crippen molar-refractivity contribution in [1.82, 2.24) is 10.2 Å². The van der Waals surface area contributed by atoms with Crippen LogP contribution in [0.4, 0.5) is 8.78 Å². The average molecular weight is 276 g/mol. The lowest BCUT2D eigenvalue weighted by atomic mass is 9.96. The summed E-state index contributed by atoms with van der Waals surface area (Å²) in [6.45, 7) is 3.23. The molecule has 0 bridgehead atoms. The molecule has 8 heteroatoms. The number of nitrogens with zero attached hydrogens (tertiary/aromatic N) is 1. The third-order valence-electron chi connectivity index (χ3n) is 3.17. The molecule has 0 aromatic carbocycles. The number of nitrogens with one attached hydrogen (secondary N) is 1. The Labute approximate surface area is 108 Å². The van der Waals surface area contributed by atoms with Gasteiger partial charge in [-0.15, -0.1) is 0 Å². The normalized spacial score (nSPS) is 42.7. The maximum absolute atomic E-state index is 14.5. The fourth-order valence-corrected chi connectivity index (χ4v) is 2.08. The number of hydrogen-bond donors (Lipinski definition) is 3. The van der Waals surface area contributed by atoms with E-state index in [4.69, 9.17) is 9.84 Å². The minimum absolute atomic E-state index is 0.0178. The third-order valence-corrected chi connectivity index (χ3v) is 3.17. The Morgan fingerprint density at radius 3 is 2.74 bits per heavy atom. The first-order chi connectivity index (χ1) is 8.72. The van der Waals surface area contributed by atoms with Crippen LogP contribution in [0.15, 0.2) is 24.7 Å². The van der Waals surface area contributed by atoms with Crippen LogP contribution in [0.1, 0.15) is 6.92 Å². The highest BCUT2D eigenvalue weighted by atomic mass is 19.2. The fourth-order valence-electron chi connectivity index (χ4n) is 2.08. The number of carbonyl (C=O) groups excluding carboxylic acids is 1. The summed E-state index contributed by atoms with van der Waals surface area (Å²) in [6, 6.07) is 0. The van der Waals surface area contributed by atoms with Crippen LogP contribution in [0.2, 0.25) is 0 Å². The fraction of sp³-hybridized carbons (Fsp3) is 0.545. The molecule has 0 radical (unpaired) electrons. The smallest absolute Gasteiger partial charge is 0.263 e. The van der Waals surface area contributed by atoms with Crippen molar-refractivity contribution < 1.29 is 28.5 Å². The molecule has 6 nitrogen and oxygen atoms in total. The van der Waals surface area contributed by atoms with Crippen molar-refractivity contribution in [3.63, 3.8) is 0 Å². The first-order valence-corrected chi connectivity index (χ1v) is 5.53. The van der Waals surface area contributed by atoms with Crippen LogP contribution in [0.3, 0.4) is 0 Å². The second-order valence-corrected chi connectivity index (χ2v) is 4.63. The molecule has 2 heterocycles. The van der Waals surface area contributed by atoms with Crippen molar-refractivity contribution in [3.8, 4) is 0 Å². The number of halogens is 2. The molecule has 1 amide bonds. The molecule has 4 atom stereocenters. The van der Waals surface area contributed by atoms with Gasteiger partial charge < -0.3 is 25.2 Å². The van der Waals surface area contributed by atoms with Crippen molar-refractivity contribution in [2.75, 3.05) is 6.61 Å². The molecule has 3 N–H and O–H groups in total. The number of hydrogen-bond acceptors (Lipinski definition) is 5. The highest BCUT2D eigenvalue weighted by molar-refractivity contribution is 5.89. The van der Waals surface area contributed by atoms with Gasteiger partial charge >= 0.3 is 0 Å². The Hall–Kier alpha value is -1.51. The van der Waals surface area contributed by atoms with E-state index in [-0.39, 0.29) is 5.82 Å². The monoisotopic (exact) mass is 276 g/mol. The number of aliphatic hydroxyl groups excluding tert-OH is 2. The van der Waals surface area contributed by atoms with Gasteiger partial charge in [0.1, 0.15) is 12.4 Å². The molecule has 2 rings (SSSR count). The van der Waals surface area contributed by atoms with Crippen molar-refractivity contribution in [2.45, 2.75) is 30.8 Å². The summed E-state index contributed by atoms with van der Waals surface area (Å²) in [5, 5.41) is 20.8. The molecule has 0 aliphatic carbocycles. The summed E-state index contributed by atoms with van der Waals surface area (Å²) in [7, 11) is 0. The van der Waals surface area contributed by atoms with E-state index in [1.807, 2.05) is 0 Å². The molecule has 2 aliphatic rings. The predicted molar refractivity (Wildman–Crippen MR) is 59.6 cm³/mol. The second-order valence-electron chi connectivity index (χ2n) is 4.63. The van der Waals surface area contributed by atoms with Gasteiger partial charge in [-0.3, -0.25) is 4.79 Å². The van der Waals surface area contributed by atoms with Crippen LogP contribution >= 0.6 is 0 Å². The summed E-state index contributed by atoms with van der Waals surface area (Å²) >= 11 is 0. The summed E-state index contributed by atoms with van der Waals surface area (Å²) in [5.74, 6) is -3.39. The number of alkyl halides is 2. The molecule has 0 spiro atoms. The molecule has 1 fully saturated rings. The van der Waals surface area contributed by atoms with Gasteiger partial charge in [-0.25, -0.2) is 8.78 Å². The SMILES string of the molecule is C=C1NC(=O)C=CN1[C@@H]1O[C@](F)(CO)[C@@H](O)[C@@]1(C)F. The molecular weight excluding hydrogens is 262 g/mol. The lowest BCUT2D eigenvalue weighted by Gasteiger charge is -2.35. The highest BCUT2D eigenvalue weighted by Crippen LogP contribution is 2.44. The van der Waals surface area contributed by atoms with Gasteiger partial charge in [0.2, 0.25) is 0 Å². The van der Waals surface area contributed by atoms with Crippen LogP contribution in [0.5, 0.6) is 0 Å². The topological polar surface area (TPSA) is 82.0 Å². The Kier molecular flexibility index (Phi) is 3.12. The van der Waals surface area contributed by atoms with Gasteiger partial charge in [-0.1, -0.05) is 6.58 Å². The van der Waals surface area contributed by atoms with Crippen LogP contribution in [-0.2, 0) is 9.53 Å². The van der Waals surface area contributed by atoms with Gasteiger partial charge in [0, 0.05) is 12.3 Å². The Morgan fingerprint density at radius 1 is 1.63 bits per heavy atom. The number of carbonyl (C=O) groups is 1. The second kappa shape index (κ2) is 4.26. The summed E-state index contributed by atoms with van der Waals surface area (Å²) in [5.41, 5.74) is -2.51. The van der Waals surface area contributed by atoms with Crippen LogP contribution in [-0.4, -0.2) is 51.5 Å². The summed E-state index contributed by atoms with van der Waals surface area (Å²) in [6.07, 6.45) is -1.49. The van der Waals surface area contributed by atoms with Crippen LogP contribution in [0.25, 0.3) is 0 Å². The van der Waals surface area contributed by atoms with E-state index in [2.05, 4.69) is 11.9 Å². The Balaban J connectivity index is 2.33. The van der Waals surface area contributed by atoms with Gasteiger partial charge in [0.05, 0.1) is 0 Å². The quantitative estimate of drug-likeness (QED) is 0.634. The maximum atomic E-state index is 14.5. The van der Waals surface area contributed by atoms with E-state index in [0.717, 1.165) is 17.9 Å². The minimum atomic E-state index is -2.91. The zero-order chi connectivity index (χ0) is 14.4. The van der Waals surface area contributed by atoms with Gasteiger partial charge in [-0.05, 0) is 6.92 Å². The molecule has 19 heavy (non-hydrogen) atoms. The number of ether oxygens (including phenoxy) is 1. The lowest BCUT2D eigenvalue weighted by molar-refractivity contribution is -0.210. The van der Waals surface area contributed by atoms with E-state index >= 15 is 0 Å². The molecule has 0 unspecified atom stereocenters. The molecule has 0 aromatic heterocycles. The highest BCUT2D eigenvalue weighted by Gasteiger charge is 2.65. The summed E-state index contributed by atoms with van der Waals surface area (Å²) in [4.78, 5) is 12.1. The van der Waals surface area contributed by atoms with Crippen molar-refractivity contribution in [2.24, 2.45) is 0 Å². The average Bonchev–Trinajstić information content (AvgIpc) is 2.51. The van der Waals surface area contributed by atoms with Gasteiger partial charge in [-0.2, -0.15) is 0 Å². The van der Waals surface area contributed by atoms with E-state index < -0.39 is 36.4 Å².